The number of carbonyl (C=O) groups excluding carboxylic acids is 1. The van der Waals surface area contributed by atoms with Crippen molar-refractivity contribution in [1.82, 2.24) is 5.32 Å². The molecule has 104 valence electrons. The molecule has 0 aliphatic carbocycles. The first-order chi connectivity index (χ1) is 8.04. The quantitative estimate of drug-likeness (QED) is 0.674. The van der Waals surface area contributed by atoms with E-state index in [0.717, 1.165) is 0 Å². The monoisotopic (exact) mass is 259 g/mol. The molecule has 0 aromatic carbocycles. The van der Waals surface area contributed by atoms with Crippen molar-refractivity contribution in [2.24, 2.45) is 0 Å². The molecule has 1 fully saturated rings. The van der Waals surface area contributed by atoms with Gasteiger partial charge in [0.1, 0.15) is 6.10 Å². The van der Waals surface area contributed by atoms with Gasteiger partial charge in [-0.1, -0.05) is 0 Å². The summed E-state index contributed by atoms with van der Waals surface area (Å²) in [5, 5.41) is 21.4. The number of carboxylic acid groups (broad SMARTS) is 1. The molecule has 0 bridgehead atoms. The third kappa shape index (κ3) is 3.20. The van der Waals surface area contributed by atoms with E-state index >= 15 is 0 Å². The van der Waals surface area contributed by atoms with Crippen molar-refractivity contribution < 1.29 is 24.5 Å². The van der Waals surface area contributed by atoms with Gasteiger partial charge in [-0.15, -0.1) is 0 Å². The lowest BCUT2D eigenvalue weighted by atomic mass is 9.86. The predicted molar refractivity (Wildman–Crippen MR) is 64.1 cm³/mol. The van der Waals surface area contributed by atoms with Gasteiger partial charge in [0.2, 0.25) is 5.91 Å². The standard InChI is InChI=1S/C12H21NO5/c1-11(2,12(3,4)17)13-9(14)7-5-6-8(18-7)10(15)16/h7-8,17H,5-6H2,1-4H3,(H,13,14)(H,15,16)/t7-,8+/m0/s1. The van der Waals surface area contributed by atoms with Crippen molar-refractivity contribution in [3.8, 4) is 0 Å². The van der Waals surface area contributed by atoms with E-state index in [2.05, 4.69) is 5.32 Å². The zero-order valence-electron chi connectivity index (χ0n) is 11.2. The van der Waals surface area contributed by atoms with Crippen molar-refractivity contribution in [3.05, 3.63) is 0 Å². The Bertz CT molecular complexity index is 345. The van der Waals surface area contributed by atoms with Gasteiger partial charge in [-0.2, -0.15) is 0 Å². The van der Waals surface area contributed by atoms with Gasteiger partial charge in [0, 0.05) is 0 Å². The lowest BCUT2D eigenvalue weighted by molar-refractivity contribution is -0.152. The molecule has 1 heterocycles. The molecular formula is C12H21NO5. The molecule has 1 saturated heterocycles. The second-order valence-corrected chi connectivity index (χ2v) is 5.70. The number of nitrogens with one attached hydrogen (secondary N) is 1. The van der Waals surface area contributed by atoms with Crippen LogP contribution in [0.3, 0.4) is 0 Å². The average molecular weight is 259 g/mol. The Balaban J connectivity index is 2.60. The maximum Gasteiger partial charge on any atom is 0.332 e. The third-order valence-electron chi connectivity index (χ3n) is 3.55. The number of hydrogen-bond donors (Lipinski definition) is 3. The van der Waals surface area contributed by atoms with E-state index < -0.39 is 29.3 Å². The molecule has 2 atom stereocenters. The van der Waals surface area contributed by atoms with Crippen molar-refractivity contribution in [2.45, 2.75) is 63.9 Å². The van der Waals surface area contributed by atoms with E-state index in [-0.39, 0.29) is 5.91 Å². The van der Waals surface area contributed by atoms with E-state index in [1.807, 2.05) is 0 Å². The normalized spacial score (nSPS) is 24.9. The number of amides is 1. The molecule has 0 aromatic rings. The average Bonchev–Trinajstić information content (AvgIpc) is 2.63. The maximum absolute atomic E-state index is 11.9. The first kappa shape index (κ1) is 14.9. The van der Waals surface area contributed by atoms with Crippen molar-refractivity contribution in [2.75, 3.05) is 0 Å². The van der Waals surface area contributed by atoms with E-state index in [1.165, 1.54) is 0 Å². The lowest BCUT2D eigenvalue weighted by Gasteiger charge is -2.38. The summed E-state index contributed by atoms with van der Waals surface area (Å²) in [5.74, 6) is -1.43. The Kier molecular flexibility index (Phi) is 4.02. The highest BCUT2D eigenvalue weighted by Crippen LogP contribution is 2.24. The van der Waals surface area contributed by atoms with E-state index in [1.54, 1.807) is 27.7 Å². The van der Waals surface area contributed by atoms with Crippen LogP contribution in [0.2, 0.25) is 0 Å². The van der Waals surface area contributed by atoms with E-state index in [4.69, 9.17) is 9.84 Å². The van der Waals surface area contributed by atoms with Gasteiger partial charge in [0.25, 0.3) is 0 Å². The fourth-order valence-electron chi connectivity index (χ4n) is 1.55. The van der Waals surface area contributed by atoms with Crippen LogP contribution in [0.1, 0.15) is 40.5 Å². The highest BCUT2D eigenvalue weighted by molar-refractivity contribution is 5.83. The second kappa shape index (κ2) is 4.85. The Morgan fingerprint density at radius 3 is 2.06 bits per heavy atom. The molecule has 0 spiro atoms. The molecule has 0 saturated carbocycles. The molecule has 1 rings (SSSR count). The number of carboxylic acids is 1. The van der Waals surface area contributed by atoms with Crippen LogP contribution in [0.5, 0.6) is 0 Å². The predicted octanol–water partition coefficient (Wildman–Crippen LogP) is 0.284. The Morgan fingerprint density at radius 2 is 1.67 bits per heavy atom. The molecule has 0 unspecified atom stereocenters. The largest absolute Gasteiger partial charge is 0.479 e. The molecule has 6 heteroatoms. The number of hydrogen-bond acceptors (Lipinski definition) is 4. The second-order valence-electron chi connectivity index (χ2n) is 5.70. The van der Waals surface area contributed by atoms with Gasteiger partial charge in [-0.05, 0) is 40.5 Å². The molecule has 0 radical (unpaired) electrons. The van der Waals surface area contributed by atoms with Crippen LogP contribution < -0.4 is 5.32 Å². The summed E-state index contributed by atoms with van der Waals surface area (Å²) in [6.45, 7) is 6.61. The fraction of sp³-hybridized carbons (Fsp3) is 0.833. The minimum atomic E-state index is -1.09. The zero-order valence-corrected chi connectivity index (χ0v) is 11.2. The summed E-state index contributed by atoms with van der Waals surface area (Å²) < 4.78 is 5.15. The van der Waals surface area contributed by atoms with Crippen LogP contribution in [-0.4, -0.2) is 45.4 Å². The molecular weight excluding hydrogens is 238 g/mol. The molecule has 0 aromatic heterocycles. The molecule has 1 aliphatic heterocycles. The fourth-order valence-corrected chi connectivity index (χ4v) is 1.55. The molecule has 3 N–H and O–H groups in total. The highest BCUT2D eigenvalue weighted by Gasteiger charge is 2.40. The number of carbonyl (C=O) groups is 2. The Hall–Kier alpha value is -1.14. The van der Waals surface area contributed by atoms with Crippen molar-refractivity contribution >= 4 is 11.9 Å². The van der Waals surface area contributed by atoms with Crippen LogP contribution in [-0.2, 0) is 14.3 Å². The maximum atomic E-state index is 11.9. The van der Waals surface area contributed by atoms with Crippen LogP contribution in [0, 0.1) is 0 Å². The van der Waals surface area contributed by atoms with Gasteiger partial charge < -0.3 is 20.3 Å². The summed E-state index contributed by atoms with van der Waals surface area (Å²) in [5.41, 5.74) is -1.91. The minimum absolute atomic E-state index is 0.330. The summed E-state index contributed by atoms with van der Waals surface area (Å²) in [7, 11) is 0. The number of aliphatic carboxylic acids is 1. The summed E-state index contributed by atoms with van der Waals surface area (Å²) in [6.07, 6.45) is -0.958. The SMILES string of the molecule is CC(C)(O)C(C)(C)NC(=O)[C@@H]1CC[C@H](C(=O)O)O1. The first-order valence-corrected chi connectivity index (χ1v) is 5.97. The Morgan fingerprint density at radius 1 is 1.17 bits per heavy atom. The Labute approximate surface area is 106 Å². The first-order valence-electron chi connectivity index (χ1n) is 5.97. The molecule has 1 amide bonds. The van der Waals surface area contributed by atoms with Crippen LogP contribution in [0.4, 0.5) is 0 Å². The number of aliphatic hydroxyl groups is 1. The van der Waals surface area contributed by atoms with E-state index in [0.29, 0.717) is 12.8 Å². The summed E-state index contributed by atoms with van der Waals surface area (Å²) >= 11 is 0. The van der Waals surface area contributed by atoms with Crippen LogP contribution >= 0.6 is 0 Å². The molecule has 6 nitrogen and oxygen atoms in total. The van der Waals surface area contributed by atoms with Crippen LogP contribution in [0.25, 0.3) is 0 Å². The smallest absolute Gasteiger partial charge is 0.332 e. The van der Waals surface area contributed by atoms with E-state index in [9.17, 15) is 14.7 Å². The molecule has 1 aliphatic rings. The minimum Gasteiger partial charge on any atom is -0.479 e. The van der Waals surface area contributed by atoms with Crippen LogP contribution in [0.15, 0.2) is 0 Å². The number of ether oxygens (including phenoxy) is 1. The van der Waals surface area contributed by atoms with Crippen molar-refractivity contribution in [3.63, 3.8) is 0 Å². The highest BCUT2D eigenvalue weighted by atomic mass is 16.5. The van der Waals surface area contributed by atoms with Gasteiger partial charge in [0.15, 0.2) is 6.10 Å². The number of rotatable bonds is 4. The van der Waals surface area contributed by atoms with Gasteiger partial charge in [0.05, 0.1) is 11.1 Å². The summed E-state index contributed by atoms with van der Waals surface area (Å²) in [6, 6.07) is 0. The van der Waals surface area contributed by atoms with Crippen molar-refractivity contribution in [1.29, 1.82) is 0 Å². The lowest BCUT2D eigenvalue weighted by Crippen LogP contribution is -2.59. The zero-order chi connectivity index (χ0) is 14.1. The topological polar surface area (TPSA) is 95.9 Å². The van der Waals surface area contributed by atoms with Gasteiger partial charge >= 0.3 is 5.97 Å². The molecule has 18 heavy (non-hydrogen) atoms. The third-order valence-corrected chi connectivity index (χ3v) is 3.55. The van der Waals surface area contributed by atoms with Gasteiger partial charge in [-0.3, -0.25) is 4.79 Å². The summed E-state index contributed by atoms with van der Waals surface area (Å²) in [4.78, 5) is 22.7. The van der Waals surface area contributed by atoms with Gasteiger partial charge in [-0.25, -0.2) is 4.79 Å².